The molecule has 38 heavy (non-hydrogen) atoms. The second-order valence-corrected chi connectivity index (χ2v) is 10.2. The van der Waals surface area contributed by atoms with E-state index in [1.165, 1.54) is 26.0 Å². The molecule has 0 N–H and O–H groups in total. The molecule has 0 radical (unpaired) electrons. The summed E-state index contributed by atoms with van der Waals surface area (Å²) in [6.45, 7) is -0.0640. The lowest BCUT2D eigenvalue weighted by atomic mass is 10.00. The number of halogens is 2. The van der Waals surface area contributed by atoms with Gasteiger partial charge in [0, 0.05) is 42.9 Å². The minimum Gasteiger partial charge on any atom is -0.496 e. The average molecular weight is 528 g/mol. The SMILES string of the molecule is COc1cc(-c2cnc3cc(OCCN4C5CCC4COC5)ccn23)cc(OC(F)F)c1C(=O)CC1CC1. The number of aromatic nitrogens is 2. The molecule has 2 bridgehead atoms. The highest BCUT2D eigenvalue weighted by atomic mass is 19.3. The van der Waals surface area contributed by atoms with Gasteiger partial charge in [-0.15, -0.1) is 0 Å². The van der Waals surface area contributed by atoms with Gasteiger partial charge in [0.1, 0.15) is 35.1 Å². The van der Waals surface area contributed by atoms with Crippen molar-refractivity contribution in [1.29, 1.82) is 0 Å². The standard InChI is InChI=1S/C28H31F2N3O5/c1-35-24-11-18(12-25(38-28(29)30)27(24)23(34)10-17-2-3-17)22-14-31-26-13-21(6-7-33(22)26)37-9-8-32-19-4-5-20(32)16-36-15-19/h6-7,11-14,17,19-20,28H,2-5,8-10,15-16H2,1H3. The number of pyridine rings is 1. The highest BCUT2D eigenvalue weighted by Gasteiger charge is 2.37. The summed E-state index contributed by atoms with van der Waals surface area (Å²) in [7, 11) is 1.42. The van der Waals surface area contributed by atoms with Crippen LogP contribution in [0.3, 0.4) is 0 Å². The van der Waals surface area contributed by atoms with E-state index >= 15 is 0 Å². The van der Waals surface area contributed by atoms with E-state index in [-0.39, 0.29) is 22.8 Å². The van der Waals surface area contributed by atoms with Gasteiger partial charge in [-0.25, -0.2) is 4.98 Å². The number of Topliss-reactive ketones (excluding diaryl/α,β-unsaturated/α-hetero) is 1. The largest absolute Gasteiger partial charge is 0.496 e. The number of methoxy groups -OCH3 is 1. The van der Waals surface area contributed by atoms with E-state index in [0.717, 1.165) is 32.6 Å². The van der Waals surface area contributed by atoms with Crippen molar-refractivity contribution in [3.63, 3.8) is 0 Å². The van der Waals surface area contributed by atoms with Crippen molar-refractivity contribution < 1.29 is 32.5 Å². The molecule has 8 nitrogen and oxygen atoms in total. The van der Waals surface area contributed by atoms with Gasteiger partial charge in [0.15, 0.2) is 5.78 Å². The van der Waals surface area contributed by atoms with Crippen LogP contribution in [0.15, 0.2) is 36.7 Å². The van der Waals surface area contributed by atoms with E-state index in [9.17, 15) is 13.6 Å². The fraction of sp³-hybridized carbons (Fsp3) is 0.500. The van der Waals surface area contributed by atoms with Crippen LogP contribution < -0.4 is 14.2 Å². The molecule has 1 saturated carbocycles. The van der Waals surface area contributed by atoms with Crippen molar-refractivity contribution in [2.45, 2.75) is 50.8 Å². The number of nitrogens with zero attached hydrogens (tertiary/aromatic N) is 3. The van der Waals surface area contributed by atoms with E-state index in [2.05, 4.69) is 9.88 Å². The van der Waals surface area contributed by atoms with Crippen LogP contribution in [0.5, 0.6) is 17.2 Å². The molecule has 3 fully saturated rings. The van der Waals surface area contributed by atoms with Gasteiger partial charge < -0.3 is 18.9 Å². The van der Waals surface area contributed by atoms with Crippen LogP contribution in [-0.4, -0.2) is 72.2 Å². The molecular formula is C28H31F2N3O5. The molecule has 10 heteroatoms. The quantitative estimate of drug-likeness (QED) is 0.331. The molecule has 3 aliphatic rings. The van der Waals surface area contributed by atoms with Crippen molar-refractivity contribution in [2.75, 3.05) is 33.5 Å². The minimum absolute atomic E-state index is 0.0571. The Kier molecular flexibility index (Phi) is 6.92. The molecular weight excluding hydrogens is 496 g/mol. The van der Waals surface area contributed by atoms with Crippen molar-refractivity contribution in [3.8, 4) is 28.5 Å². The van der Waals surface area contributed by atoms with Crippen LogP contribution in [0.25, 0.3) is 16.9 Å². The number of fused-ring (bicyclic) bond motifs is 3. The highest BCUT2D eigenvalue weighted by Crippen LogP contribution is 2.40. The fourth-order valence-corrected chi connectivity index (χ4v) is 5.66. The summed E-state index contributed by atoms with van der Waals surface area (Å²) in [5, 5.41) is 0. The maximum Gasteiger partial charge on any atom is 0.387 e. The monoisotopic (exact) mass is 527 g/mol. The second kappa shape index (κ2) is 10.5. The van der Waals surface area contributed by atoms with Crippen LogP contribution in [0, 0.1) is 5.92 Å². The first-order valence-corrected chi connectivity index (χ1v) is 13.1. The summed E-state index contributed by atoms with van der Waals surface area (Å²) in [5.74, 6) is 0.764. The molecule has 2 aliphatic heterocycles. The number of ketones is 1. The van der Waals surface area contributed by atoms with Crippen LogP contribution in [0.2, 0.25) is 0 Å². The molecule has 202 valence electrons. The van der Waals surface area contributed by atoms with Gasteiger partial charge in [-0.1, -0.05) is 0 Å². The summed E-state index contributed by atoms with van der Waals surface area (Å²) >= 11 is 0. The molecule has 3 aromatic rings. The highest BCUT2D eigenvalue weighted by molar-refractivity contribution is 6.02. The van der Waals surface area contributed by atoms with Crippen LogP contribution >= 0.6 is 0 Å². The Morgan fingerprint density at radius 2 is 1.89 bits per heavy atom. The van der Waals surface area contributed by atoms with Gasteiger partial charge >= 0.3 is 6.61 Å². The first-order chi connectivity index (χ1) is 18.5. The molecule has 4 heterocycles. The molecule has 0 spiro atoms. The van der Waals surface area contributed by atoms with Crippen LogP contribution in [-0.2, 0) is 4.74 Å². The fourth-order valence-electron chi connectivity index (χ4n) is 5.66. The number of benzene rings is 1. The lowest BCUT2D eigenvalue weighted by Crippen LogP contribution is -2.47. The Morgan fingerprint density at radius 1 is 1.13 bits per heavy atom. The summed E-state index contributed by atoms with van der Waals surface area (Å²) in [6.07, 6.45) is 8.07. The summed E-state index contributed by atoms with van der Waals surface area (Å²) in [4.78, 5) is 19.9. The van der Waals surface area contributed by atoms with Crippen LogP contribution in [0.4, 0.5) is 8.78 Å². The van der Waals surface area contributed by atoms with Gasteiger partial charge in [-0.3, -0.25) is 14.1 Å². The normalized spacial score (nSPS) is 21.3. The second-order valence-electron chi connectivity index (χ2n) is 10.2. The number of hydrogen-bond acceptors (Lipinski definition) is 7. The third kappa shape index (κ3) is 5.07. The summed E-state index contributed by atoms with van der Waals surface area (Å²) in [5.41, 5.74) is 1.90. The van der Waals surface area contributed by atoms with Gasteiger partial charge in [-0.2, -0.15) is 8.78 Å². The lowest BCUT2D eigenvalue weighted by Gasteiger charge is -2.34. The molecule has 1 aromatic carbocycles. The Morgan fingerprint density at radius 3 is 2.61 bits per heavy atom. The zero-order chi connectivity index (χ0) is 26.2. The molecule has 2 unspecified atom stereocenters. The summed E-state index contributed by atoms with van der Waals surface area (Å²) < 4.78 is 50.4. The average Bonchev–Trinajstić information content (AvgIpc) is 3.57. The molecule has 2 saturated heterocycles. The van der Waals surface area contributed by atoms with Gasteiger partial charge in [0.2, 0.25) is 0 Å². The molecule has 2 aromatic heterocycles. The molecule has 6 rings (SSSR count). The first-order valence-electron chi connectivity index (χ1n) is 13.1. The number of rotatable bonds is 11. The van der Waals surface area contributed by atoms with Gasteiger partial charge in [0.25, 0.3) is 0 Å². The Hall–Kier alpha value is -3.24. The third-order valence-electron chi connectivity index (χ3n) is 7.74. The number of ether oxygens (including phenoxy) is 4. The number of carbonyl (C=O) groups excluding carboxylic acids is 1. The third-order valence-corrected chi connectivity index (χ3v) is 7.74. The maximum absolute atomic E-state index is 13.3. The van der Waals surface area contributed by atoms with Gasteiger partial charge in [-0.05, 0) is 49.8 Å². The number of carbonyl (C=O) groups is 1. The predicted octanol–water partition coefficient (Wildman–Crippen LogP) is 4.84. The van der Waals surface area contributed by atoms with E-state index in [0.29, 0.717) is 53.7 Å². The number of alkyl halides is 2. The lowest BCUT2D eigenvalue weighted by molar-refractivity contribution is -0.0502. The zero-order valence-electron chi connectivity index (χ0n) is 21.3. The Labute approximate surface area is 219 Å². The van der Waals surface area contributed by atoms with E-state index in [1.807, 2.05) is 22.7 Å². The number of imidazole rings is 1. The smallest absolute Gasteiger partial charge is 0.387 e. The Balaban J connectivity index is 1.23. The van der Waals surface area contributed by atoms with Crippen molar-refractivity contribution in [1.82, 2.24) is 14.3 Å². The number of morpholine rings is 1. The van der Waals surface area contributed by atoms with Crippen LogP contribution in [0.1, 0.15) is 42.5 Å². The minimum atomic E-state index is -3.07. The maximum atomic E-state index is 13.3. The topological polar surface area (TPSA) is 74.5 Å². The van der Waals surface area contributed by atoms with Crippen molar-refractivity contribution >= 4 is 11.4 Å². The molecule has 0 amide bonds. The van der Waals surface area contributed by atoms with Gasteiger partial charge in [0.05, 0.1) is 32.2 Å². The van der Waals surface area contributed by atoms with E-state index in [4.69, 9.17) is 18.9 Å². The van der Waals surface area contributed by atoms with E-state index in [1.54, 1.807) is 12.3 Å². The van der Waals surface area contributed by atoms with E-state index < -0.39 is 6.61 Å². The first kappa shape index (κ1) is 25.1. The van der Waals surface area contributed by atoms with Crippen molar-refractivity contribution in [3.05, 3.63) is 42.2 Å². The zero-order valence-corrected chi connectivity index (χ0v) is 21.3. The molecule has 2 atom stereocenters. The Bertz CT molecular complexity index is 1310. The molecule has 1 aliphatic carbocycles. The van der Waals surface area contributed by atoms with Crippen molar-refractivity contribution in [2.24, 2.45) is 5.92 Å². The number of hydrogen-bond donors (Lipinski definition) is 0. The predicted molar refractivity (Wildman–Crippen MR) is 135 cm³/mol. The summed E-state index contributed by atoms with van der Waals surface area (Å²) in [6, 6.07) is 7.80.